The van der Waals surface area contributed by atoms with E-state index in [0.717, 1.165) is 36.3 Å². The van der Waals surface area contributed by atoms with Crippen LogP contribution >= 0.6 is 24.8 Å². The summed E-state index contributed by atoms with van der Waals surface area (Å²) in [5.74, 6) is 1.34. The first kappa shape index (κ1) is 18.7. The summed E-state index contributed by atoms with van der Waals surface area (Å²) in [4.78, 5) is 16.2. The molecule has 2 aromatic rings. The van der Waals surface area contributed by atoms with Crippen LogP contribution in [0.1, 0.15) is 25.2 Å². The van der Waals surface area contributed by atoms with Crippen molar-refractivity contribution < 1.29 is 9.21 Å². The molecule has 22 heavy (non-hydrogen) atoms. The fraction of sp³-hybridized carbons (Fsp3) is 0.467. The summed E-state index contributed by atoms with van der Waals surface area (Å²) in [7, 11) is 0. The molecule has 5 nitrogen and oxygen atoms in total. The summed E-state index contributed by atoms with van der Waals surface area (Å²) in [6, 6.07) is 5.54. The number of oxazole rings is 1. The second-order valence-electron chi connectivity index (χ2n) is 5.36. The van der Waals surface area contributed by atoms with Gasteiger partial charge in [-0.2, -0.15) is 0 Å². The Balaban J connectivity index is 0.00000121. The van der Waals surface area contributed by atoms with E-state index >= 15 is 0 Å². The summed E-state index contributed by atoms with van der Waals surface area (Å²) >= 11 is 0. The number of carbonyl (C=O) groups excluding carboxylic acids is 1. The zero-order valence-corrected chi connectivity index (χ0v) is 14.1. The first-order valence-corrected chi connectivity index (χ1v) is 7.08. The van der Waals surface area contributed by atoms with Gasteiger partial charge in [0.05, 0.1) is 0 Å². The lowest BCUT2D eigenvalue weighted by Gasteiger charge is -2.08. The highest BCUT2D eigenvalue weighted by atomic mass is 35.5. The minimum atomic E-state index is 0. The average molecular weight is 346 g/mol. The Labute approximate surface area is 142 Å². The van der Waals surface area contributed by atoms with Crippen LogP contribution in [-0.4, -0.2) is 24.0 Å². The van der Waals surface area contributed by atoms with Gasteiger partial charge in [-0.05, 0) is 50.0 Å². The van der Waals surface area contributed by atoms with E-state index in [0.29, 0.717) is 18.2 Å². The third-order valence-corrected chi connectivity index (χ3v) is 3.72. The molecule has 122 valence electrons. The van der Waals surface area contributed by atoms with Crippen LogP contribution in [0.4, 0.5) is 5.69 Å². The molecule has 1 fully saturated rings. The number of hydrogen-bond acceptors (Lipinski definition) is 4. The van der Waals surface area contributed by atoms with Crippen LogP contribution in [0, 0.1) is 12.8 Å². The maximum atomic E-state index is 11.9. The second-order valence-corrected chi connectivity index (χ2v) is 5.36. The Kier molecular flexibility index (Phi) is 7.13. The molecule has 1 saturated heterocycles. The van der Waals surface area contributed by atoms with Gasteiger partial charge in [0.15, 0.2) is 11.5 Å². The Bertz CT molecular complexity index is 624. The van der Waals surface area contributed by atoms with Crippen LogP contribution in [0.3, 0.4) is 0 Å². The highest BCUT2D eigenvalue weighted by Crippen LogP contribution is 2.20. The van der Waals surface area contributed by atoms with E-state index in [1.807, 2.05) is 25.1 Å². The maximum Gasteiger partial charge on any atom is 0.224 e. The smallest absolute Gasteiger partial charge is 0.224 e. The Morgan fingerprint density at radius 2 is 2.27 bits per heavy atom. The van der Waals surface area contributed by atoms with Crippen molar-refractivity contribution in [1.29, 1.82) is 0 Å². The van der Waals surface area contributed by atoms with Gasteiger partial charge in [0.1, 0.15) is 5.52 Å². The SMILES string of the molecule is Cc1nc2cc(NC(=O)CCC3CCNC3)ccc2o1.Cl.Cl. The molecule has 0 aliphatic carbocycles. The predicted molar refractivity (Wildman–Crippen MR) is 92.1 cm³/mol. The van der Waals surface area contributed by atoms with Crippen molar-refractivity contribution in [3.63, 3.8) is 0 Å². The van der Waals surface area contributed by atoms with Crippen LogP contribution in [0.2, 0.25) is 0 Å². The molecule has 1 unspecified atom stereocenters. The molecule has 1 aliphatic heterocycles. The van der Waals surface area contributed by atoms with Crippen molar-refractivity contribution in [2.45, 2.75) is 26.2 Å². The number of nitrogens with one attached hydrogen (secondary N) is 2. The minimum Gasteiger partial charge on any atom is -0.441 e. The molecular formula is C15H21Cl2N3O2. The third kappa shape index (κ3) is 4.60. The lowest BCUT2D eigenvalue weighted by Crippen LogP contribution is -2.14. The molecule has 0 saturated carbocycles. The van der Waals surface area contributed by atoms with Crippen molar-refractivity contribution in [3.05, 3.63) is 24.1 Å². The summed E-state index contributed by atoms with van der Waals surface area (Å²) in [5.41, 5.74) is 2.30. The van der Waals surface area contributed by atoms with Gasteiger partial charge in [0, 0.05) is 19.0 Å². The maximum absolute atomic E-state index is 11.9. The zero-order chi connectivity index (χ0) is 13.9. The Hall–Kier alpha value is -1.30. The molecule has 1 amide bonds. The molecule has 1 aromatic heterocycles. The zero-order valence-electron chi connectivity index (χ0n) is 12.4. The molecule has 2 heterocycles. The molecule has 0 radical (unpaired) electrons. The van der Waals surface area contributed by atoms with Gasteiger partial charge in [0.2, 0.25) is 5.91 Å². The van der Waals surface area contributed by atoms with E-state index in [1.165, 1.54) is 6.42 Å². The van der Waals surface area contributed by atoms with Crippen molar-refractivity contribution >= 4 is 47.5 Å². The number of nitrogens with zero attached hydrogens (tertiary/aromatic N) is 1. The van der Waals surface area contributed by atoms with Gasteiger partial charge >= 0.3 is 0 Å². The highest BCUT2D eigenvalue weighted by Gasteiger charge is 2.15. The van der Waals surface area contributed by atoms with Gasteiger partial charge in [0.25, 0.3) is 0 Å². The lowest BCUT2D eigenvalue weighted by atomic mass is 10.0. The molecule has 0 bridgehead atoms. The summed E-state index contributed by atoms with van der Waals surface area (Å²) in [5, 5.41) is 6.24. The van der Waals surface area contributed by atoms with Crippen molar-refractivity contribution in [2.24, 2.45) is 5.92 Å². The number of amides is 1. The van der Waals surface area contributed by atoms with Gasteiger partial charge < -0.3 is 15.1 Å². The number of rotatable bonds is 4. The van der Waals surface area contributed by atoms with Crippen LogP contribution in [0.25, 0.3) is 11.1 Å². The number of benzene rings is 1. The van der Waals surface area contributed by atoms with Gasteiger partial charge in [-0.15, -0.1) is 24.8 Å². The normalized spacial score (nSPS) is 16.9. The average Bonchev–Trinajstić information content (AvgIpc) is 3.04. The fourth-order valence-corrected chi connectivity index (χ4v) is 2.64. The molecule has 7 heteroatoms. The van der Waals surface area contributed by atoms with E-state index in [-0.39, 0.29) is 30.7 Å². The van der Waals surface area contributed by atoms with Crippen molar-refractivity contribution in [2.75, 3.05) is 18.4 Å². The van der Waals surface area contributed by atoms with E-state index in [9.17, 15) is 4.79 Å². The molecule has 1 aliphatic rings. The van der Waals surface area contributed by atoms with Crippen LogP contribution in [0.15, 0.2) is 22.6 Å². The van der Waals surface area contributed by atoms with Crippen LogP contribution in [-0.2, 0) is 4.79 Å². The number of aryl methyl sites for hydroxylation is 1. The number of carbonyl (C=O) groups is 1. The second kappa shape index (κ2) is 8.36. The monoisotopic (exact) mass is 345 g/mol. The van der Waals surface area contributed by atoms with E-state index in [1.54, 1.807) is 0 Å². The topological polar surface area (TPSA) is 67.2 Å². The number of aromatic nitrogens is 1. The van der Waals surface area contributed by atoms with Crippen molar-refractivity contribution in [3.8, 4) is 0 Å². The molecule has 2 N–H and O–H groups in total. The van der Waals surface area contributed by atoms with Crippen molar-refractivity contribution in [1.82, 2.24) is 10.3 Å². The largest absolute Gasteiger partial charge is 0.441 e. The Morgan fingerprint density at radius 1 is 1.45 bits per heavy atom. The molecule has 1 atom stereocenters. The molecular weight excluding hydrogens is 325 g/mol. The minimum absolute atomic E-state index is 0. The van der Waals surface area contributed by atoms with Crippen LogP contribution in [0.5, 0.6) is 0 Å². The molecule has 0 spiro atoms. The van der Waals surface area contributed by atoms with E-state index in [2.05, 4.69) is 15.6 Å². The van der Waals surface area contributed by atoms with Gasteiger partial charge in [-0.1, -0.05) is 0 Å². The van der Waals surface area contributed by atoms with Gasteiger partial charge in [-0.25, -0.2) is 4.98 Å². The molecule has 1 aromatic carbocycles. The number of fused-ring (bicyclic) bond motifs is 1. The highest BCUT2D eigenvalue weighted by molar-refractivity contribution is 5.92. The fourth-order valence-electron chi connectivity index (χ4n) is 2.64. The summed E-state index contributed by atoms with van der Waals surface area (Å²) in [6.45, 7) is 3.93. The lowest BCUT2D eigenvalue weighted by molar-refractivity contribution is -0.116. The number of hydrogen-bond donors (Lipinski definition) is 2. The Morgan fingerprint density at radius 3 is 3.00 bits per heavy atom. The summed E-state index contributed by atoms with van der Waals surface area (Å²) < 4.78 is 5.41. The first-order chi connectivity index (χ1) is 9.70. The molecule has 3 rings (SSSR count). The number of anilines is 1. The van der Waals surface area contributed by atoms with Crippen LogP contribution < -0.4 is 10.6 Å². The van der Waals surface area contributed by atoms with Gasteiger partial charge in [-0.3, -0.25) is 4.79 Å². The first-order valence-electron chi connectivity index (χ1n) is 7.08. The van der Waals surface area contributed by atoms with E-state index < -0.39 is 0 Å². The third-order valence-electron chi connectivity index (χ3n) is 3.72. The number of halogens is 2. The van der Waals surface area contributed by atoms with E-state index in [4.69, 9.17) is 4.42 Å². The summed E-state index contributed by atoms with van der Waals surface area (Å²) in [6.07, 6.45) is 2.70. The quantitative estimate of drug-likeness (QED) is 0.891. The predicted octanol–water partition coefficient (Wildman–Crippen LogP) is 3.31. The standard InChI is InChI=1S/C15H19N3O2.2ClH/c1-10-17-13-8-12(3-4-14(13)20-10)18-15(19)5-2-11-6-7-16-9-11;;/h3-4,8,11,16H,2,5-7,9H2,1H3,(H,18,19);2*1H.